The molecule has 156 valence electrons. The molecule has 0 radical (unpaired) electrons. The number of benzene rings is 3. The maximum Gasteiger partial charge on any atom is 0.349 e. The molecule has 0 heterocycles. The molecule has 30 heavy (non-hydrogen) atoms. The monoisotopic (exact) mass is 412 g/mol. The third-order valence-electron chi connectivity index (χ3n) is 6.17. The fraction of sp³-hybridized carbons (Fsp3) is 0.320. The van der Waals surface area contributed by atoms with Crippen LogP contribution in [0.4, 0.5) is 13.2 Å². The van der Waals surface area contributed by atoms with Crippen LogP contribution in [0.15, 0.2) is 48.5 Å². The van der Waals surface area contributed by atoms with Gasteiger partial charge in [-0.25, -0.2) is 18.0 Å². The lowest BCUT2D eigenvalue weighted by Crippen LogP contribution is -2.16. The molecule has 0 spiro atoms. The van der Waals surface area contributed by atoms with Crippen LogP contribution in [0.3, 0.4) is 0 Å². The Morgan fingerprint density at radius 1 is 0.933 bits per heavy atom. The van der Waals surface area contributed by atoms with E-state index >= 15 is 0 Å². The van der Waals surface area contributed by atoms with Crippen LogP contribution in [0.2, 0.25) is 0 Å². The molecule has 1 saturated carbocycles. The van der Waals surface area contributed by atoms with Crippen LogP contribution >= 0.6 is 0 Å². The van der Waals surface area contributed by atoms with Gasteiger partial charge in [0, 0.05) is 5.39 Å². The number of halogens is 3. The average molecular weight is 412 g/mol. The lowest BCUT2D eigenvalue weighted by atomic mass is 9.77. The average Bonchev–Trinajstić information content (AvgIpc) is 2.73. The summed E-state index contributed by atoms with van der Waals surface area (Å²) in [6.07, 6.45) is 5.03. The van der Waals surface area contributed by atoms with E-state index in [1.807, 2.05) is 0 Å². The van der Waals surface area contributed by atoms with E-state index in [9.17, 15) is 18.0 Å². The highest BCUT2D eigenvalue weighted by Crippen LogP contribution is 2.38. The zero-order chi connectivity index (χ0) is 21.3. The van der Waals surface area contributed by atoms with Crippen molar-refractivity contribution in [2.24, 2.45) is 5.92 Å². The maximum absolute atomic E-state index is 14.7. The van der Waals surface area contributed by atoms with Crippen molar-refractivity contribution in [1.82, 2.24) is 0 Å². The molecule has 0 atom stereocenters. The predicted molar refractivity (Wildman–Crippen MR) is 110 cm³/mol. The van der Waals surface area contributed by atoms with E-state index in [0.717, 1.165) is 32.1 Å². The van der Waals surface area contributed by atoms with Crippen molar-refractivity contribution in [1.29, 1.82) is 0 Å². The number of carbonyl (C=O) groups excluding carboxylic acids is 1. The topological polar surface area (TPSA) is 26.3 Å². The van der Waals surface area contributed by atoms with Gasteiger partial charge in [0.15, 0.2) is 0 Å². The number of hydrogen-bond acceptors (Lipinski definition) is 2. The summed E-state index contributed by atoms with van der Waals surface area (Å²) < 4.78 is 48.3. The zero-order valence-electron chi connectivity index (χ0n) is 16.8. The molecule has 2 nitrogen and oxygen atoms in total. The fourth-order valence-electron chi connectivity index (χ4n) is 4.37. The molecule has 0 unspecified atom stereocenters. The summed E-state index contributed by atoms with van der Waals surface area (Å²) in [6.45, 7) is 2.16. The second-order valence-corrected chi connectivity index (χ2v) is 8.00. The Hall–Kier alpha value is -2.82. The Labute approximate surface area is 173 Å². The van der Waals surface area contributed by atoms with Gasteiger partial charge in [0.25, 0.3) is 0 Å². The molecular formula is C25H23F3O2. The van der Waals surface area contributed by atoms with Crippen LogP contribution in [-0.4, -0.2) is 5.97 Å². The largest absolute Gasteiger partial charge is 0.423 e. The first-order valence-electron chi connectivity index (χ1n) is 10.4. The molecule has 3 aromatic carbocycles. The first kappa shape index (κ1) is 20.5. The molecule has 0 bridgehead atoms. The lowest BCUT2D eigenvalue weighted by Gasteiger charge is -2.28. The minimum absolute atomic E-state index is 0.0962. The van der Waals surface area contributed by atoms with Gasteiger partial charge >= 0.3 is 5.97 Å². The van der Waals surface area contributed by atoms with Crippen molar-refractivity contribution in [3.63, 3.8) is 0 Å². The first-order chi connectivity index (χ1) is 14.5. The minimum atomic E-state index is -1.11. The Morgan fingerprint density at radius 3 is 2.30 bits per heavy atom. The van der Waals surface area contributed by atoms with Crippen molar-refractivity contribution in [3.05, 3.63) is 77.1 Å². The van der Waals surface area contributed by atoms with E-state index in [-0.39, 0.29) is 11.7 Å². The maximum atomic E-state index is 14.7. The van der Waals surface area contributed by atoms with Gasteiger partial charge in [-0.15, -0.1) is 0 Å². The van der Waals surface area contributed by atoms with Gasteiger partial charge in [-0.3, -0.25) is 0 Å². The van der Waals surface area contributed by atoms with Crippen molar-refractivity contribution in [2.45, 2.75) is 44.9 Å². The number of fused-ring (bicyclic) bond motifs is 1. The summed E-state index contributed by atoms with van der Waals surface area (Å²) >= 11 is 0. The van der Waals surface area contributed by atoms with Crippen LogP contribution in [0, 0.1) is 23.4 Å². The molecule has 1 aliphatic carbocycles. The molecule has 0 saturated heterocycles. The van der Waals surface area contributed by atoms with Crippen molar-refractivity contribution in [3.8, 4) is 5.75 Å². The summed E-state index contributed by atoms with van der Waals surface area (Å²) in [6, 6.07) is 11.4. The third kappa shape index (κ3) is 4.07. The highest BCUT2D eigenvalue weighted by molar-refractivity contribution is 5.92. The van der Waals surface area contributed by atoms with E-state index in [1.165, 1.54) is 42.5 Å². The summed E-state index contributed by atoms with van der Waals surface area (Å²) in [5.74, 6) is -2.45. The van der Waals surface area contributed by atoms with Gasteiger partial charge in [-0.05, 0) is 84.9 Å². The smallest absolute Gasteiger partial charge is 0.349 e. The van der Waals surface area contributed by atoms with Gasteiger partial charge in [-0.2, -0.15) is 0 Å². The van der Waals surface area contributed by atoms with Crippen LogP contribution in [0.5, 0.6) is 5.75 Å². The number of ether oxygens (including phenoxy) is 1. The van der Waals surface area contributed by atoms with Crippen molar-refractivity contribution >= 4 is 16.7 Å². The van der Waals surface area contributed by atoms with Gasteiger partial charge in [0.2, 0.25) is 0 Å². The van der Waals surface area contributed by atoms with E-state index in [2.05, 4.69) is 6.92 Å². The Bertz CT molecular complexity index is 1060. The van der Waals surface area contributed by atoms with Gasteiger partial charge in [0.1, 0.15) is 28.8 Å². The van der Waals surface area contributed by atoms with Crippen LogP contribution in [-0.2, 0) is 0 Å². The highest BCUT2D eigenvalue weighted by Gasteiger charge is 2.26. The molecule has 0 N–H and O–H groups in total. The van der Waals surface area contributed by atoms with E-state index in [0.29, 0.717) is 22.3 Å². The van der Waals surface area contributed by atoms with Crippen molar-refractivity contribution in [2.75, 3.05) is 0 Å². The van der Waals surface area contributed by atoms with Gasteiger partial charge in [0.05, 0.1) is 0 Å². The molecule has 0 aromatic heterocycles. The minimum Gasteiger partial charge on any atom is -0.423 e. The molecule has 0 amide bonds. The van der Waals surface area contributed by atoms with Crippen LogP contribution < -0.4 is 4.74 Å². The molecule has 0 aliphatic heterocycles. The number of carbonyl (C=O) groups is 1. The molecule has 1 fully saturated rings. The number of rotatable bonds is 4. The molecular weight excluding hydrogens is 389 g/mol. The second-order valence-electron chi connectivity index (χ2n) is 8.00. The lowest BCUT2D eigenvalue weighted by molar-refractivity contribution is 0.0724. The van der Waals surface area contributed by atoms with Gasteiger partial charge in [-0.1, -0.05) is 25.5 Å². The van der Waals surface area contributed by atoms with Crippen molar-refractivity contribution < 1.29 is 22.7 Å². The molecule has 1 aliphatic rings. The molecule has 5 heteroatoms. The molecule has 4 rings (SSSR count). The number of hydrogen-bond donors (Lipinski definition) is 0. The second kappa shape index (κ2) is 8.50. The first-order valence-corrected chi connectivity index (χ1v) is 10.4. The third-order valence-corrected chi connectivity index (χ3v) is 6.17. The predicted octanol–water partition coefficient (Wildman–Crippen LogP) is 7.16. The normalized spacial score (nSPS) is 19.1. The standard InChI is InChI=1S/C25H23F3O2/c1-2-15-6-8-16(9-7-15)18-13-22(27)24(23(28)14-18)25(29)30-19-10-11-20-17(12-19)4-3-5-21(20)26/h3-5,10-16H,2,6-9H2,1H3. The summed E-state index contributed by atoms with van der Waals surface area (Å²) in [5.41, 5.74) is -0.113. The highest BCUT2D eigenvalue weighted by atomic mass is 19.1. The number of esters is 1. The Balaban J connectivity index is 1.54. The summed E-state index contributed by atoms with van der Waals surface area (Å²) in [5, 5.41) is 0.899. The van der Waals surface area contributed by atoms with Crippen LogP contribution in [0.25, 0.3) is 10.8 Å². The van der Waals surface area contributed by atoms with E-state index in [4.69, 9.17) is 4.74 Å². The van der Waals surface area contributed by atoms with Crippen LogP contribution in [0.1, 0.15) is 60.9 Å². The van der Waals surface area contributed by atoms with Gasteiger partial charge < -0.3 is 4.74 Å². The Kier molecular flexibility index (Phi) is 5.80. The Morgan fingerprint density at radius 2 is 1.63 bits per heavy atom. The molecule has 3 aromatic rings. The van der Waals surface area contributed by atoms with E-state index in [1.54, 1.807) is 6.07 Å². The summed E-state index contributed by atoms with van der Waals surface area (Å²) in [7, 11) is 0. The van der Waals surface area contributed by atoms with E-state index < -0.39 is 29.0 Å². The quantitative estimate of drug-likeness (QED) is 0.336. The SMILES string of the molecule is CCC1CCC(c2cc(F)c(C(=O)Oc3ccc4c(F)cccc4c3)c(F)c2)CC1. The summed E-state index contributed by atoms with van der Waals surface area (Å²) in [4.78, 5) is 12.5. The zero-order valence-corrected chi connectivity index (χ0v) is 16.8. The fourth-order valence-corrected chi connectivity index (χ4v) is 4.37.